The highest BCUT2D eigenvalue weighted by molar-refractivity contribution is 7.71. The smallest absolute Gasteiger partial charge is 0.133 e. The van der Waals surface area contributed by atoms with Crippen molar-refractivity contribution in [3.05, 3.63) is 57.6 Å². The summed E-state index contributed by atoms with van der Waals surface area (Å²) >= 11 is 5.41. The standard InChI is InChI=1S/C16H20N2S/c1-5-13-11(2)17-15(18-14(13)19)16(3,4)12-9-7-6-8-10-12/h6-10H,5H2,1-4H3,(H,17,18,19). The van der Waals surface area contributed by atoms with E-state index in [-0.39, 0.29) is 5.41 Å². The Morgan fingerprint density at radius 1 is 1.21 bits per heavy atom. The summed E-state index contributed by atoms with van der Waals surface area (Å²) in [6, 6.07) is 10.4. The molecule has 0 bridgehead atoms. The number of aryl methyl sites for hydroxylation is 1. The van der Waals surface area contributed by atoms with Gasteiger partial charge >= 0.3 is 0 Å². The first-order chi connectivity index (χ1) is 8.96. The highest BCUT2D eigenvalue weighted by Crippen LogP contribution is 2.29. The molecule has 1 aromatic heterocycles. The minimum Gasteiger partial charge on any atom is -0.346 e. The van der Waals surface area contributed by atoms with Crippen molar-refractivity contribution < 1.29 is 0 Å². The van der Waals surface area contributed by atoms with Crippen molar-refractivity contribution in [2.45, 2.75) is 39.5 Å². The summed E-state index contributed by atoms with van der Waals surface area (Å²) in [7, 11) is 0. The molecule has 0 spiro atoms. The summed E-state index contributed by atoms with van der Waals surface area (Å²) < 4.78 is 0.720. The Hall–Kier alpha value is -1.48. The van der Waals surface area contributed by atoms with Gasteiger partial charge < -0.3 is 4.98 Å². The molecule has 1 aromatic carbocycles. The van der Waals surface area contributed by atoms with Crippen LogP contribution in [0.1, 0.15) is 43.4 Å². The van der Waals surface area contributed by atoms with Crippen LogP contribution >= 0.6 is 12.2 Å². The number of aromatic amines is 1. The summed E-state index contributed by atoms with van der Waals surface area (Å²) in [4.78, 5) is 8.04. The molecule has 2 rings (SSSR count). The third kappa shape index (κ3) is 2.61. The lowest BCUT2D eigenvalue weighted by atomic mass is 9.83. The number of H-pyrrole nitrogens is 1. The molecule has 0 aliphatic rings. The Balaban J connectivity index is 2.56. The highest BCUT2D eigenvalue weighted by atomic mass is 32.1. The predicted octanol–water partition coefficient (Wildman–Crippen LogP) is 4.34. The van der Waals surface area contributed by atoms with E-state index >= 15 is 0 Å². The average Bonchev–Trinajstić information content (AvgIpc) is 2.39. The zero-order valence-corrected chi connectivity index (χ0v) is 12.8. The zero-order chi connectivity index (χ0) is 14.0. The lowest BCUT2D eigenvalue weighted by Gasteiger charge is -2.25. The van der Waals surface area contributed by atoms with Gasteiger partial charge in [-0.1, -0.05) is 49.5 Å². The summed E-state index contributed by atoms with van der Waals surface area (Å²) in [5, 5.41) is 0. The summed E-state index contributed by atoms with van der Waals surface area (Å²) in [5.41, 5.74) is 3.33. The number of nitrogens with one attached hydrogen (secondary N) is 1. The lowest BCUT2D eigenvalue weighted by molar-refractivity contribution is 0.584. The van der Waals surface area contributed by atoms with Crippen molar-refractivity contribution in [3.63, 3.8) is 0 Å². The summed E-state index contributed by atoms with van der Waals surface area (Å²) in [6.45, 7) is 8.51. The first kappa shape index (κ1) is 13.9. The number of nitrogens with zero attached hydrogens (tertiary/aromatic N) is 1. The Morgan fingerprint density at radius 3 is 2.37 bits per heavy atom. The first-order valence-electron chi connectivity index (χ1n) is 6.62. The second kappa shape index (κ2) is 5.25. The van der Waals surface area contributed by atoms with Gasteiger partial charge in [-0.3, -0.25) is 0 Å². The third-order valence-electron chi connectivity index (χ3n) is 3.67. The van der Waals surface area contributed by atoms with E-state index in [0.717, 1.165) is 28.1 Å². The molecule has 100 valence electrons. The third-order valence-corrected chi connectivity index (χ3v) is 4.01. The SMILES string of the molecule is CCc1c(C)[nH]c(C(C)(C)c2ccccc2)nc1=S. The zero-order valence-electron chi connectivity index (χ0n) is 11.9. The van der Waals surface area contributed by atoms with Crippen molar-refractivity contribution in [2.75, 3.05) is 0 Å². The van der Waals surface area contributed by atoms with Crippen LogP contribution in [0.3, 0.4) is 0 Å². The fourth-order valence-corrected chi connectivity index (χ4v) is 2.70. The van der Waals surface area contributed by atoms with Gasteiger partial charge in [-0.15, -0.1) is 0 Å². The molecule has 0 unspecified atom stereocenters. The fourth-order valence-electron chi connectivity index (χ4n) is 2.31. The van der Waals surface area contributed by atoms with Gasteiger partial charge in [0.25, 0.3) is 0 Å². The van der Waals surface area contributed by atoms with Crippen molar-refractivity contribution in [3.8, 4) is 0 Å². The normalized spacial score (nSPS) is 11.6. The largest absolute Gasteiger partial charge is 0.346 e. The van der Waals surface area contributed by atoms with E-state index in [2.05, 4.69) is 61.9 Å². The molecule has 0 amide bonds. The monoisotopic (exact) mass is 272 g/mol. The highest BCUT2D eigenvalue weighted by Gasteiger charge is 2.26. The maximum absolute atomic E-state index is 5.41. The van der Waals surface area contributed by atoms with Gasteiger partial charge in [-0.25, -0.2) is 4.98 Å². The molecule has 0 atom stereocenters. The molecule has 2 aromatic rings. The number of hydrogen-bond donors (Lipinski definition) is 1. The molecule has 0 saturated carbocycles. The number of benzene rings is 1. The molecule has 19 heavy (non-hydrogen) atoms. The van der Waals surface area contributed by atoms with E-state index in [9.17, 15) is 0 Å². The van der Waals surface area contributed by atoms with E-state index in [1.807, 2.05) is 6.07 Å². The van der Waals surface area contributed by atoms with E-state index in [1.165, 1.54) is 5.56 Å². The Kier molecular flexibility index (Phi) is 3.85. The average molecular weight is 272 g/mol. The molecule has 3 heteroatoms. The van der Waals surface area contributed by atoms with E-state index in [1.54, 1.807) is 0 Å². The molecular formula is C16H20N2S. The Labute approximate surface area is 119 Å². The van der Waals surface area contributed by atoms with Crippen LogP contribution in [-0.2, 0) is 11.8 Å². The van der Waals surface area contributed by atoms with Crippen molar-refractivity contribution in [1.82, 2.24) is 9.97 Å². The second-order valence-electron chi connectivity index (χ2n) is 5.34. The molecule has 1 N–H and O–H groups in total. The molecule has 1 heterocycles. The molecule has 2 nitrogen and oxygen atoms in total. The minimum absolute atomic E-state index is 0.175. The van der Waals surface area contributed by atoms with Gasteiger partial charge in [0.05, 0.1) is 0 Å². The van der Waals surface area contributed by atoms with Crippen LogP contribution < -0.4 is 0 Å². The van der Waals surface area contributed by atoms with Crippen molar-refractivity contribution in [2.24, 2.45) is 0 Å². The number of rotatable bonds is 3. The molecule has 0 saturated heterocycles. The van der Waals surface area contributed by atoms with Gasteiger partial charge in [0.2, 0.25) is 0 Å². The maximum atomic E-state index is 5.41. The van der Waals surface area contributed by atoms with E-state index in [0.29, 0.717) is 0 Å². The van der Waals surface area contributed by atoms with Gasteiger partial charge in [-0.2, -0.15) is 0 Å². The molecule has 0 radical (unpaired) electrons. The lowest BCUT2D eigenvalue weighted by Crippen LogP contribution is -2.23. The van der Waals surface area contributed by atoms with E-state index in [4.69, 9.17) is 12.2 Å². The second-order valence-corrected chi connectivity index (χ2v) is 5.73. The van der Waals surface area contributed by atoms with Crippen LogP contribution in [-0.4, -0.2) is 9.97 Å². The van der Waals surface area contributed by atoms with E-state index < -0.39 is 0 Å². The topological polar surface area (TPSA) is 28.7 Å². The van der Waals surface area contributed by atoms with Gasteiger partial charge in [0, 0.05) is 16.7 Å². The van der Waals surface area contributed by atoms with Crippen LogP contribution in [0.5, 0.6) is 0 Å². The Bertz CT molecular complexity index is 627. The maximum Gasteiger partial charge on any atom is 0.133 e. The van der Waals surface area contributed by atoms with Crippen LogP contribution in [0, 0.1) is 11.6 Å². The van der Waals surface area contributed by atoms with Crippen LogP contribution in [0.2, 0.25) is 0 Å². The Morgan fingerprint density at radius 2 is 1.84 bits per heavy atom. The molecule has 0 aliphatic carbocycles. The van der Waals surface area contributed by atoms with Gasteiger partial charge in [0.15, 0.2) is 0 Å². The molecular weight excluding hydrogens is 252 g/mol. The van der Waals surface area contributed by atoms with Gasteiger partial charge in [-0.05, 0) is 32.8 Å². The van der Waals surface area contributed by atoms with Gasteiger partial charge in [0.1, 0.15) is 10.5 Å². The van der Waals surface area contributed by atoms with Crippen molar-refractivity contribution in [1.29, 1.82) is 0 Å². The predicted molar refractivity (Wildman–Crippen MR) is 82.1 cm³/mol. The van der Waals surface area contributed by atoms with Crippen LogP contribution in [0.25, 0.3) is 0 Å². The van der Waals surface area contributed by atoms with Crippen molar-refractivity contribution >= 4 is 12.2 Å². The quantitative estimate of drug-likeness (QED) is 0.842. The molecule has 0 aliphatic heterocycles. The number of aromatic nitrogens is 2. The summed E-state index contributed by atoms with van der Waals surface area (Å²) in [5.74, 6) is 0.929. The van der Waals surface area contributed by atoms with Crippen LogP contribution in [0.15, 0.2) is 30.3 Å². The molecule has 0 fully saturated rings. The first-order valence-corrected chi connectivity index (χ1v) is 7.03. The summed E-state index contributed by atoms with van der Waals surface area (Å²) in [6.07, 6.45) is 0.917. The fraction of sp³-hybridized carbons (Fsp3) is 0.375. The van der Waals surface area contributed by atoms with Crippen LogP contribution in [0.4, 0.5) is 0 Å². The minimum atomic E-state index is -0.175. The number of hydrogen-bond acceptors (Lipinski definition) is 2.